The summed E-state index contributed by atoms with van der Waals surface area (Å²) in [6.07, 6.45) is 1.30. The summed E-state index contributed by atoms with van der Waals surface area (Å²) in [7, 11) is 1.61. The standard InChI is InChI=1S/C18H23NO3/c1-12-6-13(2)10-19(9-12)11-14-7-18(20)22-17-8-15(21-3)4-5-16(14)17/h4-5,7-8,12-13H,6,9-11H2,1-3H3/p+1/t12-,13-/m0/s1. The van der Waals surface area contributed by atoms with E-state index >= 15 is 0 Å². The molecule has 3 rings (SSSR count). The van der Waals surface area contributed by atoms with Crippen molar-refractivity contribution >= 4 is 11.0 Å². The van der Waals surface area contributed by atoms with Gasteiger partial charge in [-0.15, -0.1) is 0 Å². The Hall–Kier alpha value is -1.81. The molecule has 0 spiro atoms. The first-order valence-corrected chi connectivity index (χ1v) is 7.99. The van der Waals surface area contributed by atoms with Gasteiger partial charge in [0.05, 0.1) is 20.2 Å². The molecule has 1 N–H and O–H groups in total. The van der Waals surface area contributed by atoms with Gasteiger partial charge in [0, 0.05) is 34.9 Å². The molecule has 2 heterocycles. The minimum absolute atomic E-state index is 0.284. The first-order chi connectivity index (χ1) is 10.5. The summed E-state index contributed by atoms with van der Waals surface area (Å²) in [4.78, 5) is 13.4. The average molecular weight is 302 g/mol. The lowest BCUT2D eigenvalue weighted by molar-refractivity contribution is -0.925. The zero-order chi connectivity index (χ0) is 15.7. The van der Waals surface area contributed by atoms with Gasteiger partial charge in [0.15, 0.2) is 0 Å². The van der Waals surface area contributed by atoms with Gasteiger partial charge < -0.3 is 14.1 Å². The van der Waals surface area contributed by atoms with Gasteiger partial charge in [0.1, 0.15) is 17.9 Å². The number of ether oxygens (including phenoxy) is 1. The summed E-state index contributed by atoms with van der Waals surface area (Å²) in [5.41, 5.74) is 1.40. The predicted octanol–water partition coefficient (Wildman–Crippen LogP) is 1.86. The van der Waals surface area contributed by atoms with Gasteiger partial charge in [-0.3, -0.25) is 0 Å². The van der Waals surface area contributed by atoms with Crippen LogP contribution >= 0.6 is 0 Å². The van der Waals surface area contributed by atoms with Crippen molar-refractivity contribution in [3.8, 4) is 5.75 Å². The molecule has 4 heteroatoms. The molecular weight excluding hydrogens is 278 g/mol. The van der Waals surface area contributed by atoms with Gasteiger partial charge in [0.2, 0.25) is 0 Å². The van der Waals surface area contributed by atoms with Gasteiger partial charge in [-0.2, -0.15) is 0 Å². The van der Waals surface area contributed by atoms with Crippen LogP contribution in [0.25, 0.3) is 11.0 Å². The maximum Gasteiger partial charge on any atom is 0.336 e. The highest BCUT2D eigenvalue weighted by Gasteiger charge is 2.25. The number of hydrogen-bond donors (Lipinski definition) is 1. The summed E-state index contributed by atoms with van der Waals surface area (Å²) in [5.74, 6) is 2.19. The minimum atomic E-state index is -0.284. The fourth-order valence-corrected chi connectivity index (χ4v) is 3.82. The van der Waals surface area contributed by atoms with Gasteiger partial charge in [0.25, 0.3) is 0 Å². The molecule has 22 heavy (non-hydrogen) atoms. The molecule has 1 aliphatic heterocycles. The lowest BCUT2D eigenvalue weighted by atomic mass is 9.91. The van der Waals surface area contributed by atoms with Crippen LogP contribution in [0.4, 0.5) is 0 Å². The highest BCUT2D eigenvalue weighted by atomic mass is 16.5. The van der Waals surface area contributed by atoms with E-state index in [1.807, 2.05) is 12.1 Å². The molecule has 1 fully saturated rings. The summed E-state index contributed by atoms with van der Waals surface area (Å²) in [6, 6.07) is 7.34. The smallest absolute Gasteiger partial charge is 0.336 e. The van der Waals surface area contributed by atoms with Crippen molar-refractivity contribution in [3.63, 3.8) is 0 Å². The first-order valence-electron chi connectivity index (χ1n) is 7.99. The number of nitrogens with one attached hydrogen (secondary N) is 1. The third-order valence-corrected chi connectivity index (χ3v) is 4.56. The third kappa shape index (κ3) is 3.17. The Balaban J connectivity index is 1.94. The number of hydrogen-bond acceptors (Lipinski definition) is 3. The number of quaternary nitrogens is 1. The molecule has 1 saturated heterocycles. The van der Waals surface area contributed by atoms with Crippen LogP contribution in [0.15, 0.2) is 33.5 Å². The van der Waals surface area contributed by atoms with E-state index < -0.39 is 0 Å². The normalized spacial score (nSPS) is 25.3. The molecule has 1 aromatic carbocycles. The Morgan fingerprint density at radius 2 is 1.95 bits per heavy atom. The van der Waals surface area contributed by atoms with Crippen molar-refractivity contribution < 1.29 is 14.1 Å². The Morgan fingerprint density at radius 3 is 2.64 bits per heavy atom. The first kappa shape index (κ1) is 15.1. The molecule has 0 saturated carbocycles. The van der Waals surface area contributed by atoms with Crippen LogP contribution in [0, 0.1) is 11.8 Å². The maximum atomic E-state index is 11.9. The molecular formula is C18H24NO3+. The number of piperidine rings is 1. The average Bonchev–Trinajstić information content (AvgIpc) is 2.45. The molecule has 1 aliphatic rings. The van der Waals surface area contributed by atoms with Gasteiger partial charge in [-0.25, -0.2) is 4.79 Å². The molecule has 0 radical (unpaired) electrons. The Kier molecular flexibility index (Phi) is 4.21. The van der Waals surface area contributed by atoms with E-state index in [-0.39, 0.29) is 5.63 Å². The second-order valence-corrected chi connectivity index (χ2v) is 6.73. The molecule has 2 atom stereocenters. The van der Waals surface area contributed by atoms with Crippen molar-refractivity contribution in [2.75, 3.05) is 20.2 Å². The Labute approximate surface area is 130 Å². The minimum Gasteiger partial charge on any atom is -0.497 e. The fourth-order valence-electron chi connectivity index (χ4n) is 3.82. The van der Waals surface area contributed by atoms with Gasteiger partial charge in [-0.05, 0) is 18.6 Å². The van der Waals surface area contributed by atoms with Crippen LogP contribution < -0.4 is 15.3 Å². The zero-order valence-corrected chi connectivity index (χ0v) is 13.5. The molecule has 118 valence electrons. The Bertz CT molecular complexity index is 712. The summed E-state index contributed by atoms with van der Waals surface area (Å²) in [5, 5.41) is 1.01. The maximum absolute atomic E-state index is 11.9. The van der Waals surface area contributed by atoms with E-state index in [2.05, 4.69) is 13.8 Å². The largest absolute Gasteiger partial charge is 0.497 e. The van der Waals surface area contributed by atoms with Crippen molar-refractivity contribution in [2.45, 2.75) is 26.8 Å². The molecule has 0 aliphatic carbocycles. The third-order valence-electron chi connectivity index (χ3n) is 4.56. The molecule has 1 aromatic heterocycles. The number of rotatable bonds is 3. The van der Waals surface area contributed by atoms with E-state index in [0.717, 1.165) is 29.3 Å². The molecule has 0 amide bonds. The highest BCUT2D eigenvalue weighted by Crippen LogP contribution is 2.22. The fraction of sp³-hybridized carbons (Fsp3) is 0.500. The number of fused-ring (bicyclic) bond motifs is 1. The highest BCUT2D eigenvalue weighted by molar-refractivity contribution is 5.81. The van der Waals surface area contributed by atoms with Gasteiger partial charge >= 0.3 is 5.63 Å². The van der Waals surface area contributed by atoms with Crippen molar-refractivity contribution in [1.82, 2.24) is 0 Å². The van der Waals surface area contributed by atoms with Crippen LogP contribution in [0.5, 0.6) is 5.75 Å². The number of benzene rings is 1. The van der Waals surface area contributed by atoms with Crippen LogP contribution in [-0.2, 0) is 6.54 Å². The van der Waals surface area contributed by atoms with Gasteiger partial charge in [-0.1, -0.05) is 13.8 Å². The quantitative estimate of drug-likeness (QED) is 0.880. The lowest BCUT2D eigenvalue weighted by Gasteiger charge is -2.32. The number of methoxy groups -OCH3 is 1. The van der Waals surface area contributed by atoms with Crippen LogP contribution in [0.3, 0.4) is 0 Å². The predicted molar refractivity (Wildman–Crippen MR) is 86.4 cm³/mol. The summed E-state index contributed by atoms with van der Waals surface area (Å²) < 4.78 is 10.5. The van der Waals surface area contributed by atoms with E-state index in [4.69, 9.17) is 9.15 Å². The number of likely N-dealkylation sites (tertiary alicyclic amines) is 1. The van der Waals surface area contributed by atoms with Crippen LogP contribution in [-0.4, -0.2) is 20.2 Å². The topological polar surface area (TPSA) is 43.9 Å². The summed E-state index contributed by atoms with van der Waals surface area (Å²) >= 11 is 0. The Morgan fingerprint density at radius 1 is 1.23 bits per heavy atom. The monoisotopic (exact) mass is 302 g/mol. The lowest BCUT2D eigenvalue weighted by Crippen LogP contribution is -3.13. The van der Waals surface area contributed by atoms with Crippen LogP contribution in [0.1, 0.15) is 25.8 Å². The second kappa shape index (κ2) is 6.13. The molecule has 2 aromatic rings. The molecule has 4 nitrogen and oxygen atoms in total. The van der Waals surface area contributed by atoms with E-state index in [0.29, 0.717) is 11.3 Å². The van der Waals surface area contributed by atoms with Crippen molar-refractivity contribution in [2.24, 2.45) is 11.8 Å². The van der Waals surface area contributed by atoms with E-state index in [9.17, 15) is 4.79 Å². The second-order valence-electron chi connectivity index (χ2n) is 6.73. The SMILES string of the molecule is COc1ccc2c(C[NH+]3C[C@@H](C)C[C@H](C)C3)cc(=O)oc2c1. The molecule has 0 bridgehead atoms. The summed E-state index contributed by atoms with van der Waals surface area (Å²) in [6.45, 7) is 7.85. The van der Waals surface area contributed by atoms with Crippen molar-refractivity contribution in [1.29, 1.82) is 0 Å². The van der Waals surface area contributed by atoms with E-state index in [1.54, 1.807) is 24.1 Å². The van der Waals surface area contributed by atoms with E-state index in [1.165, 1.54) is 19.5 Å². The zero-order valence-electron chi connectivity index (χ0n) is 13.5. The van der Waals surface area contributed by atoms with Crippen LogP contribution in [0.2, 0.25) is 0 Å². The molecule has 0 unspecified atom stereocenters. The van der Waals surface area contributed by atoms with Crippen molar-refractivity contribution in [3.05, 3.63) is 40.2 Å².